The van der Waals surface area contributed by atoms with Gasteiger partial charge in [0.2, 0.25) is 12.7 Å². The van der Waals surface area contributed by atoms with Crippen LogP contribution in [0, 0.1) is 5.92 Å². The molecule has 4 rings (SSSR count). The van der Waals surface area contributed by atoms with Crippen molar-refractivity contribution in [2.24, 2.45) is 5.92 Å². The van der Waals surface area contributed by atoms with Crippen LogP contribution < -0.4 is 9.47 Å². The first-order chi connectivity index (χ1) is 13.2. The number of fused-ring (bicyclic) bond motifs is 1. The summed E-state index contributed by atoms with van der Waals surface area (Å²) in [5.41, 5.74) is 2.32. The summed E-state index contributed by atoms with van der Waals surface area (Å²) in [5, 5.41) is 0. The Morgan fingerprint density at radius 3 is 2.78 bits per heavy atom. The number of amides is 1. The number of ether oxygens (including phenoxy) is 2. The quantitative estimate of drug-likeness (QED) is 0.788. The smallest absolute Gasteiger partial charge is 0.231 e. The zero-order valence-electron chi connectivity index (χ0n) is 15.8. The van der Waals surface area contributed by atoms with Crippen LogP contribution in [0.2, 0.25) is 0 Å². The van der Waals surface area contributed by atoms with Crippen molar-refractivity contribution < 1.29 is 14.3 Å². The lowest BCUT2D eigenvalue weighted by Crippen LogP contribution is -2.34. The van der Waals surface area contributed by atoms with Crippen LogP contribution in [0.3, 0.4) is 0 Å². The lowest BCUT2D eigenvalue weighted by atomic mass is 10.1. The van der Waals surface area contributed by atoms with E-state index < -0.39 is 0 Å². The van der Waals surface area contributed by atoms with Gasteiger partial charge in [0, 0.05) is 26.7 Å². The Hall–Kier alpha value is -2.53. The minimum absolute atomic E-state index is 0.148. The summed E-state index contributed by atoms with van der Waals surface area (Å²) < 4.78 is 10.7. The van der Waals surface area contributed by atoms with Gasteiger partial charge in [-0.1, -0.05) is 36.4 Å². The Morgan fingerprint density at radius 1 is 1.11 bits per heavy atom. The number of hydrogen-bond donors (Lipinski definition) is 0. The molecule has 0 N–H and O–H groups in total. The van der Waals surface area contributed by atoms with Gasteiger partial charge in [0.05, 0.1) is 6.42 Å². The molecule has 0 aromatic heterocycles. The fraction of sp³-hybridized carbons (Fsp3) is 0.409. The Bertz CT molecular complexity index is 793. The van der Waals surface area contributed by atoms with E-state index in [9.17, 15) is 4.79 Å². The Morgan fingerprint density at radius 2 is 1.93 bits per heavy atom. The van der Waals surface area contributed by atoms with Crippen LogP contribution in [0.1, 0.15) is 17.5 Å². The van der Waals surface area contributed by atoms with Crippen molar-refractivity contribution in [3.8, 4) is 11.5 Å². The maximum atomic E-state index is 12.6. The van der Waals surface area contributed by atoms with Gasteiger partial charge in [-0.2, -0.15) is 0 Å². The van der Waals surface area contributed by atoms with Crippen LogP contribution >= 0.6 is 0 Å². The third-order valence-electron chi connectivity index (χ3n) is 5.37. The molecule has 0 saturated carbocycles. The molecule has 5 nitrogen and oxygen atoms in total. The lowest BCUT2D eigenvalue weighted by Gasteiger charge is -2.22. The van der Waals surface area contributed by atoms with Gasteiger partial charge in [0.15, 0.2) is 11.5 Å². The molecule has 1 unspecified atom stereocenters. The summed E-state index contributed by atoms with van der Waals surface area (Å²) in [6, 6.07) is 16.3. The number of hydrogen-bond acceptors (Lipinski definition) is 4. The average Bonchev–Trinajstić information content (AvgIpc) is 3.31. The van der Waals surface area contributed by atoms with Gasteiger partial charge >= 0.3 is 0 Å². The minimum Gasteiger partial charge on any atom is -0.454 e. The largest absolute Gasteiger partial charge is 0.454 e. The van der Waals surface area contributed by atoms with Crippen LogP contribution in [-0.2, 0) is 17.8 Å². The first kappa shape index (κ1) is 17.9. The molecule has 0 aliphatic carbocycles. The molecule has 2 heterocycles. The van der Waals surface area contributed by atoms with Crippen LogP contribution in [0.5, 0.6) is 11.5 Å². The maximum absolute atomic E-state index is 12.6. The van der Waals surface area contributed by atoms with Crippen molar-refractivity contribution in [2.75, 3.05) is 33.5 Å². The van der Waals surface area contributed by atoms with Crippen LogP contribution in [0.15, 0.2) is 48.5 Å². The van der Waals surface area contributed by atoms with Crippen molar-refractivity contribution in [1.82, 2.24) is 9.80 Å². The van der Waals surface area contributed by atoms with Crippen molar-refractivity contribution in [1.29, 1.82) is 0 Å². The van der Waals surface area contributed by atoms with Gasteiger partial charge in [-0.3, -0.25) is 9.69 Å². The van der Waals surface area contributed by atoms with Crippen molar-refractivity contribution in [3.05, 3.63) is 59.7 Å². The molecular formula is C22H26N2O3. The topological polar surface area (TPSA) is 42.0 Å². The van der Waals surface area contributed by atoms with Crippen molar-refractivity contribution >= 4 is 5.91 Å². The van der Waals surface area contributed by atoms with Gasteiger partial charge < -0.3 is 14.4 Å². The number of likely N-dealkylation sites (tertiary alicyclic amines) is 1. The monoisotopic (exact) mass is 366 g/mol. The summed E-state index contributed by atoms with van der Waals surface area (Å²) in [6.07, 6.45) is 1.54. The number of rotatable bonds is 6. The average molecular weight is 366 g/mol. The Labute approximate surface area is 160 Å². The van der Waals surface area contributed by atoms with E-state index in [0.29, 0.717) is 12.3 Å². The molecule has 1 amide bonds. The highest BCUT2D eigenvalue weighted by atomic mass is 16.7. The highest BCUT2D eigenvalue weighted by molar-refractivity contribution is 5.78. The first-order valence-corrected chi connectivity index (χ1v) is 9.56. The lowest BCUT2D eigenvalue weighted by molar-refractivity contribution is -0.129. The van der Waals surface area contributed by atoms with E-state index in [1.807, 2.05) is 30.1 Å². The van der Waals surface area contributed by atoms with Gasteiger partial charge in [-0.25, -0.2) is 0 Å². The number of carbonyl (C=O) groups is 1. The van der Waals surface area contributed by atoms with E-state index in [1.165, 1.54) is 5.56 Å². The third kappa shape index (κ3) is 4.42. The fourth-order valence-electron chi connectivity index (χ4n) is 3.90. The van der Waals surface area contributed by atoms with Crippen LogP contribution in [0.4, 0.5) is 0 Å². The molecule has 0 bridgehead atoms. The SMILES string of the molecule is CN(CC1CCN(Cc2ccccc2)C1)C(=O)Cc1ccc2c(c1)OCO2. The molecule has 2 aliphatic heterocycles. The number of likely N-dealkylation sites (N-methyl/N-ethyl adjacent to an activating group) is 1. The summed E-state index contributed by atoms with van der Waals surface area (Å²) >= 11 is 0. The molecule has 0 radical (unpaired) electrons. The predicted molar refractivity (Wildman–Crippen MR) is 104 cm³/mol. The first-order valence-electron chi connectivity index (χ1n) is 9.56. The minimum atomic E-state index is 0.148. The predicted octanol–water partition coefficient (Wildman–Crippen LogP) is 2.94. The van der Waals surface area contributed by atoms with E-state index in [2.05, 4.69) is 35.2 Å². The van der Waals surface area contributed by atoms with E-state index >= 15 is 0 Å². The Balaban J connectivity index is 1.26. The normalized spacial score (nSPS) is 18.6. The number of carbonyl (C=O) groups excluding carboxylic acids is 1. The zero-order chi connectivity index (χ0) is 18.6. The van der Waals surface area contributed by atoms with Crippen LogP contribution in [-0.4, -0.2) is 49.2 Å². The van der Waals surface area contributed by atoms with Gasteiger partial charge in [-0.15, -0.1) is 0 Å². The number of benzene rings is 2. The molecule has 1 fully saturated rings. The molecule has 2 aromatic rings. The van der Waals surface area contributed by atoms with Gasteiger partial charge in [-0.05, 0) is 42.1 Å². The molecule has 1 atom stereocenters. The summed E-state index contributed by atoms with van der Waals surface area (Å²) in [7, 11) is 1.91. The molecule has 142 valence electrons. The molecular weight excluding hydrogens is 340 g/mol. The van der Waals surface area contributed by atoms with E-state index in [4.69, 9.17) is 9.47 Å². The zero-order valence-corrected chi connectivity index (χ0v) is 15.8. The van der Waals surface area contributed by atoms with E-state index in [0.717, 1.165) is 49.7 Å². The summed E-state index contributed by atoms with van der Waals surface area (Å²) in [6.45, 7) is 4.22. The second-order valence-corrected chi connectivity index (χ2v) is 7.51. The highest BCUT2D eigenvalue weighted by Gasteiger charge is 2.25. The fourth-order valence-corrected chi connectivity index (χ4v) is 3.90. The summed E-state index contributed by atoms with van der Waals surface area (Å²) in [4.78, 5) is 17.0. The van der Waals surface area contributed by atoms with E-state index in [-0.39, 0.29) is 12.7 Å². The molecule has 5 heteroatoms. The molecule has 1 saturated heterocycles. The Kier molecular flexibility index (Phi) is 5.30. The maximum Gasteiger partial charge on any atom is 0.231 e. The molecule has 2 aromatic carbocycles. The molecule has 2 aliphatic rings. The molecule has 27 heavy (non-hydrogen) atoms. The summed E-state index contributed by atoms with van der Waals surface area (Å²) in [5.74, 6) is 2.18. The van der Waals surface area contributed by atoms with Gasteiger partial charge in [0.1, 0.15) is 0 Å². The van der Waals surface area contributed by atoms with Crippen molar-refractivity contribution in [2.45, 2.75) is 19.4 Å². The second kappa shape index (κ2) is 8.01. The standard InChI is InChI=1S/C22H26N2O3/c1-23(22(25)12-18-7-8-20-21(11-18)27-16-26-20)13-19-9-10-24(15-19)14-17-5-3-2-4-6-17/h2-8,11,19H,9-10,12-16H2,1H3. The molecule has 0 spiro atoms. The number of nitrogens with zero attached hydrogens (tertiary/aromatic N) is 2. The second-order valence-electron chi connectivity index (χ2n) is 7.51. The van der Waals surface area contributed by atoms with Gasteiger partial charge in [0.25, 0.3) is 0 Å². The third-order valence-corrected chi connectivity index (χ3v) is 5.37. The van der Waals surface area contributed by atoms with E-state index in [1.54, 1.807) is 0 Å². The van der Waals surface area contributed by atoms with Crippen LogP contribution in [0.25, 0.3) is 0 Å². The highest BCUT2D eigenvalue weighted by Crippen LogP contribution is 2.32. The van der Waals surface area contributed by atoms with Crippen molar-refractivity contribution in [3.63, 3.8) is 0 Å².